The highest BCUT2D eigenvalue weighted by Crippen LogP contribution is 1.89. The summed E-state index contributed by atoms with van der Waals surface area (Å²) in [6, 6.07) is 0. The third kappa shape index (κ3) is 5.69. The molecule has 0 aromatic heterocycles. The monoisotopic (exact) mass is 116 g/mol. The maximum Gasteiger partial charge on any atom is 0.300 e. The predicted octanol–water partition coefficient (Wildman–Crippen LogP) is 0.478. The van der Waals surface area contributed by atoms with Gasteiger partial charge in [0.05, 0.1) is 0 Å². The van der Waals surface area contributed by atoms with E-state index in [4.69, 9.17) is 0 Å². The van der Waals surface area contributed by atoms with Gasteiger partial charge >= 0.3 is 6.41 Å². The van der Waals surface area contributed by atoms with Gasteiger partial charge < -0.3 is 4.98 Å². The largest absolute Gasteiger partial charge is 0.374 e. The summed E-state index contributed by atoms with van der Waals surface area (Å²) in [4.78, 5) is 12.2. The first kappa shape index (κ1) is 6.69. The Morgan fingerprint density at radius 3 is 1.86 bits per heavy atom. The highest BCUT2D eigenvalue weighted by molar-refractivity contribution is 6.75. The molecular weight excluding hydrogens is 106 g/mol. The molecule has 1 radical (unpaired) electrons. The van der Waals surface area contributed by atoms with E-state index < -0.39 is 8.24 Å². The summed E-state index contributed by atoms with van der Waals surface area (Å²) >= 11 is 0. The smallest absolute Gasteiger partial charge is 0.300 e. The van der Waals surface area contributed by atoms with Gasteiger partial charge in [-0.15, -0.1) is 0 Å². The van der Waals surface area contributed by atoms with Gasteiger partial charge in [0.1, 0.15) is 8.24 Å². The zero-order valence-corrected chi connectivity index (χ0v) is 5.91. The molecule has 0 heterocycles. The molecular formula is C4H10NOSi. The zero-order valence-electron chi connectivity index (χ0n) is 4.91. The SMILES string of the molecule is C[Si](C)(C)N[C]=O. The van der Waals surface area contributed by atoms with E-state index in [-0.39, 0.29) is 0 Å². The summed E-state index contributed by atoms with van der Waals surface area (Å²) in [5.41, 5.74) is 0. The van der Waals surface area contributed by atoms with Crippen molar-refractivity contribution in [1.82, 2.24) is 4.98 Å². The molecule has 0 aliphatic carbocycles. The lowest BCUT2D eigenvalue weighted by Gasteiger charge is -2.10. The zero-order chi connectivity index (χ0) is 5.91. The number of nitrogens with one attached hydrogen (secondary N) is 1. The Kier molecular flexibility index (Phi) is 2.02. The minimum absolute atomic E-state index is 1.33. The highest BCUT2D eigenvalue weighted by atomic mass is 28.3. The van der Waals surface area contributed by atoms with E-state index in [9.17, 15) is 4.79 Å². The molecule has 0 aromatic rings. The molecule has 0 atom stereocenters. The fraction of sp³-hybridized carbons (Fsp3) is 0.750. The first-order valence-corrected chi connectivity index (χ1v) is 5.70. The van der Waals surface area contributed by atoms with Gasteiger partial charge in [0.2, 0.25) is 0 Å². The van der Waals surface area contributed by atoms with Crippen molar-refractivity contribution in [3.05, 3.63) is 0 Å². The number of rotatable bonds is 2. The van der Waals surface area contributed by atoms with E-state index >= 15 is 0 Å². The number of carbonyl (C=O) groups excluding carboxylic acids is 1. The molecule has 2 nitrogen and oxygen atoms in total. The Morgan fingerprint density at radius 2 is 1.86 bits per heavy atom. The lowest BCUT2D eigenvalue weighted by atomic mass is 11.5. The average Bonchev–Trinajstić information content (AvgIpc) is 1.30. The van der Waals surface area contributed by atoms with Crippen molar-refractivity contribution in [3.8, 4) is 0 Å². The summed E-state index contributed by atoms with van der Waals surface area (Å²) < 4.78 is 0. The van der Waals surface area contributed by atoms with Crippen LogP contribution in [0.5, 0.6) is 0 Å². The van der Waals surface area contributed by atoms with Crippen LogP contribution in [0.3, 0.4) is 0 Å². The van der Waals surface area contributed by atoms with Crippen LogP contribution >= 0.6 is 0 Å². The van der Waals surface area contributed by atoms with E-state index in [1.54, 1.807) is 6.41 Å². The molecule has 0 saturated heterocycles. The van der Waals surface area contributed by atoms with Gasteiger partial charge in [0.15, 0.2) is 0 Å². The lowest BCUT2D eigenvalue weighted by molar-refractivity contribution is 0.552. The molecule has 0 unspecified atom stereocenters. The summed E-state index contributed by atoms with van der Waals surface area (Å²) in [6.07, 6.45) is 1.67. The quantitative estimate of drug-likeness (QED) is 0.412. The molecule has 0 aromatic carbocycles. The minimum atomic E-state index is -1.33. The third-order valence-electron chi connectivity index (χ3n) is 0.426. The van der Waals surface area contributed by atoms with Gasteiger partial charge in [-0.2, -0.15) is 0 Å². The second-order valence-corrected chi connectivity index (χ2v) is 7.23. The predicted molar refractivity (Wildman–Crippen MR) is 32.2 cm³/mol. The average molecular weight is 116 g/mol. The molecule has 0 aliphatic heterocycles. The molecule has 7 heavy (non-hydrogen) atoms. The topological polar surface area (TPSA) is 29.1 Å². The van der Waals surface area contributed by atoms with Crippen LogP contribution in [0, 0.1) is 0 Å². The van der Waals surface area contributed by atoms with E-state index in [1.165, 1.54) is 0 Å². The normalized spacial score (nSPS) is 10.7. The van der Waals surface area contributed by atoms with Crippen LogP contribution in [-0.2, 0) is 4.79 Å². The van der Waals surface area contributed by atoms with Crippen LogP contribution in [0.25, 0.3) is 0 Å². The first-order chi connectivity index (χ1) is 3.06. The Hall–Kier alpha value is -0.313. The second-order valence-electron chi connectivity index (χ2n) is 2.48. The summed E-state index contributed by atoms with van der Waals surface area (Å²) in [5, 5.41) is 0. The van der Waals surface area contributed by atoms with Gasteiger partial charge in [-0.25, -0.2) is 0 Å². The highest BCUT2D eigenvalue weighted by Gasteiger charge is 2.09. The van der Waals surface area contributed by atoms with Crippen LogP contribution in [-0.4, -0.2) is 14.6 Å². The minimum Gasteiger partial charge on any atom is -0.374 e. The van der Waals surface area contributed by atoms with Crippen LogP contribution < -0.4 is 4.98 Å². The van der Waals surface area contributed by atoms with Crippen molar-refractivity contribution in [2.45, 2.75) is 19.6 Å². The Labute approximate surface area is 45.0 Å². The second kappa shape index (κ2) is 2.11. The molecule has 0 rings (SSSR count). The maximum absolute atomic E-state index is 9.62. The van der Waals surface area contributed by atoms with Crippen molar-refractivity contribution >= 4 is 14.6 Å². The third-order valence-corrected chi connectivity index (χ3v) is 1.28. The molecule has 3 heteroatoms. The van der Waals surface area contributed by atoms with Crippen LogP contribution in [0.2, 0.25) is 19.6 Å². The summed E-state index contributed by atoms with van der Waals surface area (Å²) in [6.45, 7) is 6.12. The Balaban J connectivity index is 3.34. The van der Waals surface area contributed by atoms with Crippen molar-refractivity contribution in [2.75, 3.05) is 0 Å². The number of hydrogen-bond donors (Lipinski definition) is 1. The first-order valence-electron chi connectivity index (χ1n) is 2.20. The Bertz CT molecular complexity index is 66.6. The summed E-state index contributed by atoms with van der Waals surface area (Å²) in [7, 11) is -1.33. The molecule has 0 saturated carbocycles. The number of amides is 1. The van der Waals surface area contributed by atoms with E-state index in [0.717, 1.165) is 0 Å². The van der Waals surface area contributed by atoms with E-state index in [2.05, 4.69) is 4.98 Å². The lowest BCUT2D eigenvalue weighted by Crippen LogP contribution is -2.39. The standard InChI is InChI=1S/C4H10NOSi/c1-7(2,3)5-4-6/h1-3H3,(H,5,6). The molecule has 1 amide bonds. The van der Waals surface area contributed by atoms with Crippen LogP contribution in [0.1, 0.15) is 0 Å². The van der Waals surface area contributed by atoms with Crippen molar-refractivity contribution in [3.63, 3.8) is 0 Å². The van der Waals surface area contributed by atoms with Crippen molar-refractivity contribution in [2.24, 2.45) is 0 Å². The molecule has 0 fully saturated rings. The van der Waals surface area contributed by atoms with Gasteiger partial charge in [0.25, 0.3) is 0 Å². The van der Waals surface area contributed by atoms with E-state index in [1.807, 2.05) is 19.6 Å². The van der Waals surface area contributed by atoms with E-state index in [0.29, 0.717) is 0 Å². The molecule has 1 N–H and O–H groups in total. The van der Waals surface area contributed by atoms with Crippen molar-refractivity contribution < 1.29 is 4.79 Å². The fourth-order valence-corrected chi connectivity index (χ4v) is 0.459. The van der Waals surface area contributed by atoms with Crippen LogP contribution in [0.4, 0.5) is 0 Å². The fourth-order valence-electron chi connectivity index (χ4n) is 0.153. The van der Waals surface area contributed by atoms with Gasteiger partial charge in [0, 0.05) is 0 Å². The molecule has 0 bridgehead atoms. The molecule has 0 spiro atoms. The van der Waals surface area contributed by atoms with Gasteiger partial charge in [-0.05, 0) is 0 Å². The van der Waals surface area contributed by atoms with Crippen molar-refractivity contribution in [1.29, 1.82) is 0 Å². The van der Waals surface area contributed by atoms with Gasteiger partial charge in [-0.1, -0.05) is 19.6 Å². The molecule has 41 valence electrons. The molecule has 0 aliphatic rings. The van der Waals surface area contributed by atoms with Gasteiger partial charge in [-0.3, -0.25) is 4.79 Å². The summed E-state index contributed by atoms with van der Waals surface area (Å²) in [5.74, 6) is 0. The Morgan fingerprint density at radius 1 is 1.43 bits per heavy atom. The maximum atomic E-state index is 9.62. The number of hydrogen-bond acceptors (Lipinski definition) is 1. The van der Waals surface area contributed by atoms with Crippen LogP contribution in [0.15, 0.2) is 0 Å².